The molecule has 1 aliphatic rings. The first-order valence-corrected chi connectivity index (χ1v) is 6.56. The van der Waals surface area contributed by atoms with Gasteiger partial charge in [-0.1, -0.05) is 0 Å². The van der Waals surface area contributed by atoms with Gasteiger partial charge >= 0.3 is 0 Å². The third-order valence-corrected chi connectivity index (χ3v) is 4.28. The first-order valence-electron chi connectivity index (χ1n) is 5.01. The van der Waals surface area contributed by atoms with Crippen molar-refractivity contribution in [2.24, 2.45) is 0 Å². The van der Waals surface area contributed by atoms with Crippen LogP contribution in [0.4, 0.5) is 10.1 Å². The summed E-state index contributed by atoms with van der Waals surface area (Å²) in [6.45, 7) is 0. The Morgan fingerprint density at radius 2 is 2.06 bits per heavy atom. The Morgan fingerprint density at radius 1 is 1.41 bits per heavy atom. The molecular weight excluding hydrogens is 247 g/mol. The number of rotatable bonds is 3. The monoisotopic (exact) mass is 258 g/mol. The summed E-state index contributed by atoms with van der Waals surface area (Å²) in [4.78, 5) is 11.6. The summed E-state index contributed by atoms with van der Waals surface area (Å²) in [5.74, 6) is -1.54. The fourth-order valence-electron chi connectivity index (χ4n) is 1.37. The maximum absolute atomic E-state index is 12.9. The van der Waals surface area contributed by atoms with Crippen LogP contribution in [0.25, 0.3) is 0 Å². The standard InChI is InChI=1S/C10H11FN2O3S/c11-6-1-4-9(12)8(5-6)10(14)13-17(15,16)7-2-3-7/h1,4-5,7H,2-3,12H2,(H,13,14). The number of sulfonamides is 1. The Morgan fingerprint density at radius 3 is 2.65 bits per heavy atom. The Balaban J connectivity index is 2.22. The molecule has 3 N–H and O–H groups in total. The van der Waals surface area contributed by atoms with Gasteiger partial charge in [0.2, 0.25) is 10.0 Å². The van der Waals surface area contributed by atoms with Crippen LogP contribution in [0.2, 0.25) is 0 Å². The van der Waals surface area contributed by atoms with Gasteiger partial charge in [0.1, 0.15) is 5.82 Å². The molecule has 2 rings (SSSR count). The number of nitrogens with two attached hydrogens (primary N) is 1. The minimum atomic E-state index is -3.64. The van der Waals surface area contributed by atoms with E-state index < -0.39 is 27.0 Å². The maximum atomic E-state index is 12.9. The van der Waals surface area contributed by atoms with Crippen LogP contribution < -0.4 is 10.5 Å². The van der Waals surface area contributed by atoms with Crippen LogP contribution in [-0.2, 0) is 10.0 Å². The van der Waals surface area contributed by atoms with E-state index in [-0.39, 0.29) is 11.3 Å². The first kappa shape index (κ1) is 11.8. The third kappa shape index (κ3) is 2.55. The normalized spacial score (nSPS) is 15.6. The van der Waals surface area contributed by atoms with Gasteiger partial charge in [0, 0.05) is 5.69 Å². The highest BCUT2D eigenvalue weighted by Gasteiger charge is 2.37. The van der Waals surface area contributed by atoms with Gasteiger partial charge in [-0.15, -0.1) is 0 Å². The highest BCUT2D eigenvalue weighted by molar-refractivity contribution is 7.91. The number of amides is 1. The number of halogens is 1. The molecule has 92 valence electrons. The Labute approximate surface area is 97.9 Å². The van der Waals surface area contributed by atoms with E-state index in [4.69, 9.17) is 5.73 Å². The number of carbonyl (C=O) groups is 1. The highest BCUT2D eigenvalue weighted by atomic mass is 32.2. The van der Waals surface area contributed by atoms with Gasteiger partial charge in [-0.05, 0) is 31.0 Å². The number of hydrogen-bond donors (Lipinski definition) is 2. The lowest BCUT2D eigenvalue weighted by Gasteiger charge is -2.07. The second-order valence-corrected chi connectivity index (χ2v) is 5.87. The number of nitrogens with one attached hydrogen (secondary N) is 1. The average molecular weight is 258 g/mol. The van der Waals surface area contributed by atoms with Crippen LogP contribution in [0.15, 0.2) is 18.2 Å². The summed E-state index contributed by atoms with van der Waals surface area (Å²) in [7, 11) is -3.64. The van der Waals surface area contributed by atoms with E-state index in [1.54, 1.807) is 0 Å². The lowest BCUT2D eigenvalue weighted by atomic mass is 10.2. The zero-order valence-corrected chi connectivity index (χ0v) is 9.63. The van der Waals surface area contributed by atoms with Gasteiger partial charge in [-0.3, -0.25) is 4.79 Å². The fourth-order valence-corrected chi connectivity index (χ4v) is 2.66. The number of nitrogen functional groups attached to an aromatic ring is 1. The van der Waals surface area contributed by atoms with Gasteiger partial charge < -0.3 is 5.73 Å². The van der Waals surface area contributed by atoms with E-state index in [0.29, 0.717) is 12.8 Å². The van der Waals surface area contributed by atoms with Crippen molar-refractivity contribution in [2.45, 2.75) is 18.1 Å². The van der Waals surface area contributed by atoms with Crippen molar-refractivity contribution in [2.75, 3.05) is 5.73 Å². The molecule has 0 unspecified atom stereocenters. The molecule has 0 saturated heterocycles. The minimum absolute atomic E-state index is 0.0369. The second kappa shape index (κ2) is 3.99. The quantitative estimate of drug-likeness (QED) is 0.778. The number of anilines is 1. The van der Waals surface area contributed by atoms with Crippen LogP contribution in [-0.4, -0.2) is 19.6 Å². The Kier molecular flexibility index (Phi) is 2.78. The summed E-state index contributed by atoms with van der Waals surface area (Å²) < 4.78 is 37.8. The lowest BCUT2D eigenvalue weighted by Crippen LogP contribution is -2.33. The topological polar surface area (TPSA) is 89.3 Å². The Hall–Kier alpha value is -1.63. The molecule has 1 aromatic rings. The SMILES string of the molecule is Nc1ccc(F)cc1C(=O)NS(=O)(=O)C1CC1. The van der Waals surface area contributed by atoms with Crippen LogP contribution in [0.1, 0.15) is 23.2 Å². The average Bonchev–Trinajstić information content (AvgIpc) is 3.04. The van der Waals surface area contributed by atoms with Gasteiger partial charge in [0.25, 0.3) is 5.91 Å². The maximum Gasteiger partial charge on any atom is 0.266 e. The molecule has 0 bridgehead atoms. The molecule has 0 heterocycles. The fraction of sp³-hybridized carbons (Fsp3) is 0.300. The van der Waals surface area contributed by atoms with Crippen molar-refractivity contribution in [3.05, 3.63) is 29.6 Å². The lowest BCUT2D eigenvalue weighted by molar-refractivity contribution is 0.0982. The van der Waals surface area contributed by atoms with Crippen molar-refractivity contribution in [3.63, 3.8) is 0 Å². The molecule has 0 atom stereocenters. The predicted octanol–water partition coefficient (Wildman–Crippen LogP) is 0.630. The van der Waals surface area contributed by atoms with E-state index in [1.165, 1.54) is 6.07 Å². The van der Waals surface area contributed by atoms with Gasteiger partial charge in [-0.2, -0.15) is 0 Å². The summed E-state index contributed by atoms with van der Waals surface area (Å²) in [5.41, 5.74) is 5.34. The number of hydrogen-bond acceptors (Lipinski definition) is 4. The summed E-state index contributed by atoms with van der Waals surface area (Å²) >= 11 is 0. The Bertz CT molecular complexity index is 567. The number of carbonyl (C=O) groups excluding carboxylic acids is 1. The molecule has 1 aliphatic carbocycles. The zero-order valence-electron chi connectivity index (χ0n) is 8.81. The van der Waals surface area contributed by atoms with Crippen LogP contribution in [0.5, 0.6) is 0 Å². The molecule has 1 aromatic carbocycles. The van der Waals surface area contributed by atoms with E-state index >= 15 is 0 Å². The molecule has 5 nitrogen and oxygen atoms in total. The van der Waals surface area contributed by atoms with E-state index in [9.17, 15) is 17.6 Å². The van der Waals surface area contributed by atoms with Crippen molar-refractivity contribution >= 4 is 21.6 Å². The van der Waals surface area contributed by atoms with Crippen molar-refractivity contribution in [1.82, 2.24) is 4.72 Å². The largest absolute Gasteiger partial charge is 0.398 e. The molecular formula is C10H11FN2O3S. The predicted molar refractivity (Wildman–Crippen MR) is 60.2 cm³/mol. The molecule has 0 aromatic heterocycles. The molecule has 1 fully saturated rings. The first-order chi connectivity index (χ1) is 7.90. The van der Waals surface area contributed by atoms with Crippen molar-refractivity contribution < 1.29 is 17.6 Å². The van der Waals surface area contributed by atoms with Crippen LogP contribution in [0, 0.1) is 5.82 Å². The second-order valence-electron chi connectivity index (χ2n) is 3.91. The summed E-state index contributed by atoms with van der Waals surface area (Å²) in [6, 6.07) is 3.22. The molecule has 1 amide bonds. The smallest absolute Gasteiger partial charge is 0.266 e. The minimum Gasteiger partial charge on any atom is -0.398 e. The summed E-state index contributed by atoms with van der Waals surface area (Å²) in [6.07, 6.45) is 1.09. The van der Waals surface area contributed by atoms with Gasteiger partial charge in [-0.25, -0.2) is 17.5 Å². The van der Waals surface area contributed by atoms with E-state index in [1.807, 2.05) is 4.72 Å². The molecule has 7 heteroatoms. The van der Waals surface area contributed by atoms with Crippen LogP contribution in [0.3, 0.4) is 0 Å². The van der Waals surface area contributed by atoms with Gasteiger partial charge in [0.05, 0.1) is 10.8 Å². The molecule has 1 saturated carbocycles. The highest BCUT2D eigenvalue weighted by Crippen LogP contribution is 2.27. The van der Waals surface area contributed by atoms with Crippen molar-refractivity contribution in [1.29, 1.82) is 0 Å². The molecule has 0 aliphatic heterocycles. The number of benzene rings is 1. The van der Waals surface area contributed by atoms with Gasteiger partial charge in [0.15, 0.2) is 0 Å². The third-order valence-electron chi connectivity index (χ3n) is 2.46. The molecule has 0 radical (unpaired) electrons. The zero-order chi connectivity index (χ0) is 12.6. The van der Waals surface area contributed by atoms with Crippen molar-refractivity contribution in [3.8, 4) is 0 Å². The van der Waals surface area contributed by atoms with E-state index in [2.05, 4.69) is 0 Å². The molecule has 17 heavy (non-hydrogen) atoms. The molecule has 0 spiro atoms. The van der Waals surface area contributed by atoms with Crippen LogP contribution >= 0.6 is 0 Å². The van der Waals surface area contributed by atoms with E-state index in [0.717, 1.165) is 12.1 Å². The summed E-state index contributed by atoms with van der Waals surface area (Å²) in [5, 5.41) is -0.513.